The highest BCUT2D eigenvalue weighted by Crippen LogP contribution is 2.20. The first-order valence-corrected chi connectivity index (χ1v) is 7.94. The van der Waals surface area contributed by atoms with E-state index in [-0.39, 0.29) is 17.7 Å². The number of benzene rings is 2. The molecule has 1 N–H and O–H groups in total. The van der Waals surface area contributed by atoms with E-state index in [1.54, 1.807) is 4.90 Å². The van der Waals surface area contributed by atoms with Crippen molar-refractivity contribution in [1.29, 1.82) is 0 Å². The van der Waals surface area contributed by atoms with Gasteiger partial charge in [0.1, 0.15) is 0 Å². The molecule has 1 saturated heterocycles. The van der Waals surface area contributed by atoms with Crippen LogP contribution in [0.15, 0.2) is 60.7 Å². The topological polar surface area (TPSA) is 49.4 Å². The molecule has 0 aromatic heterocycles. The van der Waals surface area contributed by atoms with Crippen LogP contribution in [0.1, 0.15) is 23.2 Å². The van der Waals surface area contributed by atoms with Crippen LogP contribution >= 0.6 is 0 Å². The van der Waals surface area contributed by atoms with E-state index in [4.69, 9.17) is 0 Å². The van der Waals surface area contributed by atoms with E-state index >= 15 is 0 Å². The zero-order chi connectivity index (χ0) is 16.1. The molecule has 1 unspecified atom stereocenters. The Balaban J connectivity index is 1.64. The average molecular weight is 308 g/mol. The molecule has 3 rings (SSSR count). The molecule has 2 aromatic carbocycles. The molecule has 4 heteroatoms. The Kier molecular flexibility index (Phi) is 4.71. The van der Waals surface area contributed by atoms with Crippen LogP contribution in [0.2, 0.25) is 0 Å². The van der Waals surface area contributed by atoms with Crippen molar-refractivity contribution in [2.45, 2.75) is 12.8 Å². The summed E-state index contributed by atoms with van der Waals surface area (Å²) in [5.74, 6) is -0.166. The Bertz CT molecular complexity index is 670. The number of carbonyl (C=O) groups is 2. The maximum Gasteiger partial charge on any atom is 0.253 e. The highest BCUT2D eigenvalue weighted by Gasteiger charge is 2.28. The molecule has 0 aliphatic carbocycles. The van der Waals surface area contributed by atoms with Crippen LogP contribution in [-0.2, 0) is 4.79 Å². The lowest BCUT2D eigenvalue weighted by molar-refractivity contribution is -0.121. The van der Waals surface area contributed by atoms with Crippen LogP contribution < -0.4 is 5.32 Å². The summed E-state index contributed by atoms with van der Waals surface area (Å²) < 4.78 is 0. The molecule has 1 heterocycles. The molecule has 118 valence electrons. The van der Waals surface area contributed by atoms with Crippen LogP contribution in [0, 0.1) is 5.92 Å². The summed E-state index contributed by atoms with van der Waals surface area (Å²) in [6, 6.07) is 18.7. The molecule has 2 aromatic rings. The molecular formula is C19H20N2O2. The Morgan fingerprint density at radius 3 is 2.30 bits per heavy atom. The number of hydrogen-bond acceptors (Lipinski definition) is 2. The SMILES string of the molecule is O=C(Nc1ccccc1)C1CCCN(C(=O)c2ccccc2)C1. The van der Waals surface area contributed by atoms with E-state index in [1.807, 2.05) is 60.7 Å². The Morgan fingerprint density at radius 2 is 1.61 bits per heavy atom. The molecule has 4 nitrogen and oxygen atoms in total. The van der Waals surface area contributed by atoms with E-state index in [0.29, 0.717) is 18.7 Å². The molecule has 0 saturated carbocycles. The van der Waals surface area contributed by atoms with Crippen molar-refractivity contribution in [2.75, 3.05) is 18.4 Å². The number of anilines is 1. The Hall–Kier alpha value is -2.62. The third-order valence-corrected chi connectivity index (χ3v) is 4.14. The fourth-order valence-electron chi connectivity index (χ4n) is 2.90. The van der Waals surface area contributed by atoms with Crippen molar-refractivity contribution in [3.8, 4) is 0 Å². The zero-order valence-corrected chi connectivity index (χ0v) is 12.9. The third kappa shape index (κ3) is 3.77. The largest absolute Gasteiger partial charge is 0.338 e. The van der Waals surface area contributed by atoms with Gasteiger partial charge in [0.25, 0.3) is 5.91 Å². The number of para-hydroxylation sites is 1. The van der Waals surface area contributed by atoms with Crippen LogP contribution in [0.25, 0.3) is 0 Å². The highest BCUT2D eigenvalue weighted by molar-refractivity contribution is 5.96. The van der Waals surface area contributed by atoms with Crippen molar-refractivity contribution < 1.29 is 9.59 Å². The molecule has 1 atom stereocenters. The first-order valence-electron chi connectivity index (χ1n) is 7.94. The van der Waals surface area contributed by atoms with Gasteiger partial charge >= 0.3 is 0 Å². The second-order valence-corrected chi connectivity index (χ2v) is 5.81. The number of amides is 2. The van der Waals surface area contributed by atoms with Gasteiger partial charge in [-0.25, -0.2) is 0 Å². The minimum atomic E-state index is -0.156. The number of nitrogens with zero attached hydrogens (tertiary/aromatic N) is 1. The van der Waals surface area contributed by atoms with E-state index in [1.165, 1.54) is 0 Å². The summed E-state index contributed by atoms with van der Waals surface area (Å²) in [5.41, 5.74) is 1.47. The van der Waals surface area contributed by atoms with Gasteiger partial charge in [-0.05, 0) is 37.1 Å². The van der Waals surface area contributed by atoms with E-state index in [2.05, 4.69) is 5.32 Å². The molecule has 0 radical (unpaired) electrons. The van der Waals surface area contributed by atoms with Gasteiger partial charge in [0.05, 0.1) is 5.92 Å². The van der Waals surface area contributed by atoms with Gasteiger partial charge in [-0.2, -0.15) is 0 Å². The van der Waals surface area contributed by atoms with Crippen LogP contribution in [-0.4, -0.2) is 29.8 Å². The quantitative estimate of drug-likeness (QED) is 0.947. The third-order valence-electron chi connectivity index (χ3n) is 4.14. The van der Waals surface area contributed by atoms with Crippen LogP contribution in [0.5, 0.6) is 0 Å². The number of piperidine rings is 1. The van der Waals surface area contributed by atoms with E-state index < -0.39 is 0 Å². The van der Waals surface area contributed by atoms with Gasteiger partial charge < -0.3 is 10.2 Å². The van der Waals surface area contributed by atoms with Crippen molar-refractivity contribution in [3.63, 3.8) is 0 Å². The molecular weight excluding hydrogens is 288 g/mol. The van der Waals surface area contributed by atoms with Gasteiger partial charge in [-0.1, -0.05) is 36.4 Å². The predicted octanol–water partition coefficient (Wildman–Crippen LogP) is 3.18. The van der Waals surface area contributed by atoms with Gasteiger partial charge in [-0.3, -0.25) is 9.59 Å². The fourth-order valence-corrected chi connectivity index (χ4v) is 2.90. The first-order chi connectivity index (χ1) is 11.2. The van der Waals surface area contributed by atoms with Gasteiger partial charge in [0, 0.05) is 24.3 Å². The predicted molar refractivity (Wildman–Crippen MR) is 90.1 cm³/mol. The normalized spacial score (nSPS) is 17.6. The second kappa shape index (κ2) is 7.09. The van der Waals surface area contributed by atoms with Gasteiger partial charge in [0.2, 0.25) is 5.91 Å². The summed E-state index contributed by atoms with van der Waals surface area (Å²) in [5, 5.41) is 2.93. The standard InChI is InChI=1S/C19H20N2O2/c22-18(20-17-11-5-2-6-12-17)16-10-7-13-21(14-16)19(23)15-8-3-1-4-9-15/h1-6,8-9,11-12,16H,7,10,13-14H2,(H,20,22). The lowest BCUT2D eigenvalue weighted by Gasteiger charge is -2.32. The second-order valence-electron chi connectivity index (χ2n) is 5.81. The maximum atomic E-state index is 12.5. The molecule has 23 heavy (non-hydrogen) atoms. The molecule has 2 amide bonds. The van der Waals surface area contributed by atoms with Gasteiger partial charge in [0.15, 0.2) is 0 Å². The summed E-state index contributed by atoms with van der Waals surface area (Å²) in [4.78, 5) is 26.7. The Morgan fingerprint density at radius 1 is 0.957 bits per heavy atom. The number of hydrogen-bond donors (Lipinski definition) is 1. The number of likely N-dealkylation sites (tertiary alicyclic amines) is 1. The monoisotopic (exact) mass is 308 g/mol. The van der Waals surface area contributed by atoms with Crippen molar-refractivity contribution in [1.82, 2.24) is 4.90 Å². The lowest BCUT2D eigenvalue weighted by Crippen LogP contribution is -2.43. The lowest BCUT2D eigenvalue weighted by atomic mass is 9.96. The van der Waals surface area contributed by atoms with E-state index in [9.17, 15) is 9.59 Å². The minimum Gasteiger partial charge on any atom is -0.338 e. The maximum absolute atomic E-state index is 12.5. The number of carbonyl (C=O) groups excluding carboxylic acids is 2. The highest BCUT2D eigenvalue weighted by atomic mass is 16.2. The average Bonchev–Trinajstić information content (AvgIpc) is 2.63. The summed E-state index contributed by atoms with van der Waals surface area (Å²) in [6.07, 6.45) is 1.67. The molecule has 0 bridgehead atoms. The first kappa shape index (κ1) is 15.3. The number of nitrogens with one attached hydrogen (secondary N) is 1. The minimum absolute atomic E-state index is 0.00260. The van der Waals surface area contributed by atoms with Crippen molar-refractivity contribution in [2.24, 2.45) is 5.92 Å². The Labute approximate surface area is 136 Å². The molecule has 0 spiro atoms. The summed E-state index contributed by atoms with van der Waals surface area (Å²) >= 11 is 0. The van der Waals surface area contributed by atoms with Crippen molar-refractivity contribution >= 4 is 17.5 Å². The van der Waals surface area contributed by atoms with Crippen LogP contribution in [0.4, 0.5) is 5.69 Å². The smallest absolute Gasteiger partial charge is 0.253 e. The molecule has 1 fully saturated rings. The fraction of sp³-hybridized carbons (Fsp3) is 0.263. The van der Waals surface area contributed by atoms with Crippen LogP contribution in [0.3, 0.4) is 0 Å². The van der Waals surface area contributed by atoms with Gasteiger partial charge in [-0.15, -0.1) is 0 Å². The molecule has 1 aliphatic heterocycles. The van der Waals surface area contributed by atoms with E-state index in [0.717, 1.165) is 18.5 Å². The zero-order valence-electron chi connectivity index (χ0n) is 12.9. The van der Waals surface area contributed by atoms with Crippen molar-refractivity contribution in [3.05, 3.63) is 66.2 Å². The number of rotatable bonds is 3. The summed E-state index contributed by atoms with van der Waals surface area (Å²) in [7, 11) is 0. The summed E-state index contributed by atoms with van der Waals surface area (Å²) in [6.45, 7) is 1.19. The molecule has 1 aliphatic rings.